The number of likely N-dealkylation sites (tertiary alicyclic amines) is 1. The van der Waals surface area contributed by atoms with Crippen molar-refractivity contribution in [1.82, 2.24) is 14.9 Å². The summed E-state index contributed by atoms with van der Waals surface area (Å²) in [4.78, 5) is 24.7. The molecule has 1 saturated heterocycles. The van der Waals surface area contributed by atoms with Gasteiger partial charge in [0.2, 0.25) is 5.95 Å². The Hall–Kier alpha value is -3.23. The molecule has 2 aromatic carbocycles. The van der Waals surface area contributed by atoms with E-state index < -0.39 is 5.63 Å². The molecule has 4 aromatic rings. The lowest BCUT2D eigenvalue weighted by molar-refractivity contribution is 0.243. The number of benzene rings is 2. The van der Waals surface area contributed by atoms with Crippen LogP contribution in [0.15, 0.2) is 68.3 Å². The maximum Gasteiger partial charge on any atom is 0.345 e. The van der Waals surface area contributed by atoms with E-state index in [4.69, 9.17) is 19.1 Å². The molecule has 174 valence electrons. The van der Waals surface area contributed by atoms with Crippen LogP contribution in [-0.2, 0) is 0 Å². The zero-order chi connectivity index (χ0) is 23.5. The van der Waals surface area contributed by atoms with Crippen LogP contribution in [0.25, 0.3) is 33.5 Å². The molecule has 1 fully saturated rings. The monoisotopic (exact) mass is 520 g/mol. The number of hydrogen-bond donors (Lipinski definition) is 1. The average molecular weight is 521 g/mol. The molecule has 1 aliphatic rings. The van der Waals surface area contributed by atoms with Crippen molar-refractivity contribution in [1.29, 1.82) is 0 Å². The highest BCUT2D eigenvalue weighted by atomic mass is 79.9. The quantitative estimate of drug-likeness (QED) is 0.334. The predicted molar refractivity (Wildman–Crippen MR) is 137 cm³/mol. The van der Waals surface area contributed by atoms with Crippen molar-refractivity contribution in [2.24, 2.45) is 0 Å². The van der Waals surface area contributed by atoms with Crippen molar-refractivity contribution >= 4 is 32.8 Å². The van der Waals surface area contributed by atoms with Crippen LogP contribution < -0.4 is 15.7 Å². The molecule has 8 heteroatoms. The third-order valence-electron chi connectivity index (χ3n) is 5.97. The van der Waals surface area contributed by atoms with Crippen LogP contribution in [0.5, 0.6) is 5.75 Å². The van der Waals surface area contributed by atoms with E-state index in [1.165, 1.54) is 19.3 Å². The molecule has 1 N–H and O–H groups in total. The molecule has 7 nitrogen and oxygen atoms in total. The Morgan fingerprint density at radius 2 is 1.85 bits per heavy atom. The maximum absolute atomic E-state index is 12.9. The molecule has 0 aliphatic carbocycles. The number of rotatable bonds is 6. The highest BCUT2D eigenvalue weighted by Crippen LogP contribution is 2.28. The number of piperidine rings is 1. The largest absolute Gasteiger partial charge is 0.497 e. The van der Waals surface area contributed by atoms with Gasteiger partial charge in [-0.1, -0.05) is 34.5 Å². The number of nitrogens with one attached hydrogen (secondary N) is 1. The summed E-state index contributed by atoms with van der Waals surface area (Å²) in [5.74, 6) is 1.20. The number of nitrogens with zero attached hydrogens (tertiary/aromatic N) is 3. The second-order valence-electron chi connectivity index (χ2n) is 8.34. The Bertz CT molecular complexity index is 1380. The van der Waals surface area contributed by atoms with Gasteiger partial charge in [-0.25, -0.2) is 14.8 Å². The number of ether oxygens (including phenoxy) is 1. The lowest BCUT2D eigenvalue weighted by Crippen LogP contribution is -2.34. The van der Waals surface area contributed by atoms with Crippen LogP contribution in [0, 0.1) is 0 Å². The smallest absolute Gasteiger partial charge is 0.345 e. The Morgan fingerprint density at radius 1 is 1.03 bits per heavy atom. The summed E-state index contributed by atoms with van der Waals surface area (Å²) in [7, 11) is 1.63. The van der Waals surface area contributed by atoms with Gasteiger partial charge in [-0.2, -0.15) is 0 Å². The molecule has 0 bridgehead atoms. The SMILES string of the molecule is COc1cccc(-c2cc(-c3cc4cc(Br)ccc4oc3=O)nc(NCN3CCCCC3)n2)c1. The molecule has 0 atom stereocenters. The molecule has 1 aliphatic heterocycles. The molecule has 0 unspecified atom stereocenters. The Balaban J connectivity index is 1.58. The summed E-state index contributed by atoms with van der Waals surface area (Å²) in [6.07, 6.45) is 3.67. The van der Waals surface area contributed by atoms with E-state index in [1.807, 2.05) is 48.5 Å². The number of aromatic nitrogens is 2. The summed E-state index contributed by atoms with van der Waals surface area (Å²) >= 11 is 3.49. The first-order valence-electron chi connectivity index (χ1n) is 11.3. The van der Waals surface area contributed by atoms with Crippen molar-refractivity contribution in [3.8, 4) is 28.3 Å². The van der Waals surface area contributed by atoms with Gasteiger partial charge in [0.25, 0.3) is 0 Å². The summed E-state index contributed by atoms with van der Waals surface area (Å²) < 4.78 is 11.9. The van der Waals surface area contributed by atoms with E-state index in [-0.39, 0.29) is 0 Å². The lowest BCUT2D eigenvalue weighted by atomic mass is 10.1. The number of methoxy groups -OCH3 is 1. The summed E-state index contributed by atoms with van der Waals surface area (Å²) in [5.41, 5.74) is 2.55. The van der Waals surface area contributed by atoms with Gasteiger partial charge in [0, 0.05) is 15.4 Å². The van der Waals surface area contributed by atoms with Gasteiger partial charge in [0.15, 0.2) is 0 Å². The van der Waals surface area contributed by atoms with E-state index in [2.05, 4.69) is 26.1 Å². The van der Waals surface area contributed by atoms with E-state index in [9.17, 15) is 4.79 Å². The van der Waals surface area contributed by atoms with Crippen LogP contribution in [0.4, 0.5) is 5.95 Å². The molecule has 2 aromatic heterocycles. The maximum atomic E-state index is 12.9. The fraction of sp³-hybridized carbons (Fsp3) is 0.269. The van der Waals surface area contributed by atoms with Gasteiger partial charge in [0.05, 0.1) is 30.7 Å². The number of hydrogen-bond acceptors (Lipinski definition) is 7. The minimum Gasteiger partial charge on any atom is -0.497 e. The molecule has 3 heterocycles. The van der Waals surface area contributed by atoms with Crippen molar-refractivity contribution in [3.63, 3.8) is 0 Å². The number of fused-ring (bicyclic) bond motifs is 1. The minimum absolute atomic E-state index is 0.387. The first kappa shape index (κ1) is 22.6. The fourth-order valence-electron chi connectivity index (χ4n) is 4.17. The zero-order valence-electron chi connectivity index (χ0n) is 18.9. The van der Waals surface area contributed by atoms with Crippen LogP contribution in [0.2, 0.25) is 0 Å². The third-order valence-corrected chi connectivity index (χ3v) is 6.46. The van der Waals surface area contributed by atoms with Crippen molar-refractivity contribution in [2.75, 3.05) is 32.2 Å². The standard InChI is InChI=1S/C26H25BrN4O3/c1-33-20-7-5-6-17(13-20)22-15-23(30-26(29-22)28-16-31-10-3-2-4-11-31)21-14-18-12-19(27)8-9-24(18)34-25(21)32/h5-9,12-15H,2-4,10-11,16H2,1H3,(H,28,29,30). The van der Waals surface area contributed by atoms with Gasteiger partial charge in [-0.3, -0.25) is 4.90 Å². The van der Waals surface area contributed by atoms with Crippen LogP contribution in [0.1, 0.15) is 19.3 Å². The normalized spacial score (nSPS) is 14.3. The van der Waals surface area contributed by atoms with Crippen molar-refractivity contribution in [3.05, 3.63) is 69.5 Å². The van der Waals surface area contributed by atoms with E-state index in [1.54, 1.807) is 13.2 Å². The van der Waals surface area contributed by atoms with E-state index in [0.29, 0.717) is 35.2 Å². The molecule has 5 rings (SSSR count). The first-order chi connectivity index (χ1) is 16.6. The summed E-state index contributed by atoms with van der Waals surface area (Å²) in [6.45, 7) is 2.76. The topological polar surface area (TPSA) is 80.5 Å². The van der Waals surface area contributed by atoms with Gasteiger partial charge >= 0.3 is 5.63 Å². The number of halogens is 1. The second-order valence-corrected chi connectivity index (χ2v) is 9.25. The fourth-order valence-corrected chi connectivity index (χ4v) is 4.55. The Morgan fingerprint density at radius 3 is 2.68 bits per heavy atom. The van der Waals surface area contributed by atoms with Gasteiger partial charge < -0.3 is 14.5 Å². The summed E-state index contributed by atoms with van der Waals surface area (Å²) in [5, 5.41) is 4.17. The Labute approximate surface area is 205 Å². The molecule has 0 spiro atoms. The average Bonchev–Trinajstić information content (AvgIpc) is 2.88. The van der Waals surface area contributed by atoms with Crippen molar-refractivity contribution in [2.45, 2.75) is 19.3 Å². The molecule has 34 heavy (non-hydrogen) atoms. The van der Waals surface area contributed by atoms with Gasteiger partial charge in [-0.05, 0) is 68.4 Å². The third kappa shape index (κ3) is 4.98. The van der Waals surface area contributed by atoms with Crippen molar-refractivity contribution < 1.29 is 9.15 Å². The van der Waals surface area contributed by atoms with Crippen LogP contribution >= 0.6 is 15.9 Å². The Kier molecular flexibility index (Phi) is 6.60. The van der Waals surface area contributed by atoms with Gasteiger partial charge in [-0.15, -0.1) is 0 Å². The first-order valence-corrected chi connectivity index (χ1v) is 12.1. The molecule has 0 saturated carbocycles. The van der Waals surface area contributed by atoms with Crippen LogP contribution in [0.3, 0.4) is 0 Å². The molecule has 0 radical (unpaired) electrons. The molecule has 0 amide bonds. The lowest BCUT2D eigenvalue weighted by Gasteiger charge is -2.26. The molecular weight excluding hydrogens is 496 g/mol. The molecular formula is C26H25BrN4O3. The zero-order valence-corrected chi connectivity index (χ0v) is 20.5. The second kappa shape index (κ2) is 9.95. The van der Waals surface area contributed by atoms with Crippen LogP contribution in [-0.4, -0.2) is 41.7 Å². The predicted octanol–water partition coefficient (Wildman–Crippen LogP) is 5.54. The van der Waals surface area contributed by atoms with E-state index in [0.717, 1.165) is 34.3 Å². The summed E-state index contributed by atoms with van der Waals surface area (Å²) in [6, 6.07) is 16.9. The highest BCUT2D eigenvalue weighted by Gasteiger charge is 2.16. The highest BCUT2D eigenvalue weighted by molar-refractivity contribution is 9.10. The number of anilines is 1. The van der Waals surface area contributed by atoms with E-state index >= 15 is 0 Å². The van der Waals surface area contributed by atoms with Gasteiger partial charge in [0.1, 0.15) is 11.3 Å². The minimum atomic E-state index is -0.438.